The molecule has 0 amide bonds. The Labute approximate surface area is 171 Å². The number of hydrogen-bond donors (Lipinski definition) is 0. The van der Waals surface area contributed by atoms with Crippen molar-refractivity contribution in [2.75, 3.05) is 20.0 Å². The molecule has 1 unspecified atom stereocenters. The molecule has 1 atom stereocenters. The average Bonchev–Trinajstić information content (AvgIpc) is 2.75. The van der Waals surface area contributed by atoms with E-state index in [1.165, 1.54) is 42.4 Å². The summed E-state index contributed by atoms with van der Waals surface area (Å²) in [7, 11) is 0. The number of benzene rings is 2. The minimum Gasteiger partial charge on any atom is -0.356 e. The predicted octanol–water partition coefficient (Wildman–Crippen LogP) is 7.21. The summed E-state index contributed by atoms with van der Waals surface area (Å²) in [6, 6.07) is 21.4. The van der Waals surface area contributed by atoms with Crippen molar-refractivity contribution < 1.29 is 9.47 Å². The van der Waals surface area contributed by atoms with Crippen LogP contribution in [0, 0.1) is 5.92 Å². The van der Waals surface area contributed by atoms with Gasteiger partial charge in [0.15, 0.2) is 0 Å². The fourth-order valence-corrected chi connectivity index (χ4v) is 3.41. The summed E-state index contributed by atoms with van der Waals surface area (Å²) in [5.41, 5.74) is 3.97. The second-order valence-electron chi connectivity index (χ2n) is 7.33. The van der Waals surface area contributed by atoms with Crippen LogP contribution in [0.3, 0.4) is 0 Å². The smallest absolute Gasteiger partial charge is 0.146 e. The molecule has 0 aliphatic carbocycles. The van der Waals surface area contributed by atoms with Gasteiger partial charge in [0.2, 0.25) is 0 Å². The summed E-state index contributed by atoms with van der Waals surface area (Å²) in [5, 5.41) is 0. The van der Waals surface area contributed by atoms with Gasteiger partial charge in [0.05, 0.1) is 6.61 Å². The van der Waals surface area contributed by atoms with Gasteiger partial charge in [-0.3, -0.25) is 0 Å². The third-order valence-electron chi connectivity index (χ3n) is 5.05. The highest BCUT2D eigenvalue weighted by Crippen LogP contribution is 2.27. The van der Waals surface area contributed by atoms with Crippen LogP contribution < -0.4 is 0 Å². The van der Waals surface area contributed by atoms with Crippen molar-refractivity contribution in [1.29, 1.82) is 0 Å². The third kappa shape index (κ3) is 8.86. The van der Waals surface area contributed by atoms with Crippen LogP contribution in [0.1, 0.15) is 63.5 Å². The number of ether oxygens (including phenoxy) is 2. The Balaban J connectivity index is 2.04. The minimum atomic E-state index is 0.409. The predicted molar refractivity (Wildman–Crippen MR) is 120 cm³/mol. The van der Waals surface area contributed by atoms with Crippen LogP contribution in [0.5, 0.6) is 0 Å². The second kappa shape index (κ2) is 14.1. The summed E-state index contributed by atoms with van der Waals surface area (Å²) in [6.07, 6.45) is 9.61. The topological polar surface area (TPSA) is 18.5 Å². The molecular weight excluding hydrogens is 344 g/mol. The number of rotatable bonds is 14. The van der Waals surface area contributed by atoms with Crippen molar-refractivity contribution in [2.24, 2.45) is 5.92 Å². The maximum atomic E-state index is 5.78. The lowest BCUT2D eigenvalue weighted by Gasteiger charge is -2.18. The van der Waals surface area contributed by atoms with E-state index in [0.717, 1.165) is 19.4 Å². The van der Waals surface area contributed by atoms with Gasteiger partial charge in [-0.1, -0.05) is 92.9 Å². The molecule has 0 bridgehead atoms. The Morgan fingerprint density at radius 1 is 0.857 bits per heavy atom. The lowest BCUT2D eigenvalue weighted by Crippen LogP contribution is -2.12. The molecule has 0 radical (unpaired) electrons. The van der Waals surface area contributed by atoms with Gasteiger partial charge in [0.25, 0.3) is 0 Å². The lowest BCUT2D eigenvalue weighted by molar-refractivity contribution is -0.0618. The van der Waals surface area contributed by atoms with Crippen LogP contribution in [-0.2, 0) is 9.47 Å². The van der Waals surface area contributed by atoms with Gasteiger partial charge in [-0.15, -0.1) is 0 Å². The van der Waals surface area contributed by atoms with Gasteiger partial charge in [0, 0.05) is 6.61 Å². The third-order valence-corrected chi connectivity index (χ3v) is 5.05. The van der Waals surface area contributed by atoms with Crippen molar-refractivity contribution in [1.82, 2.24) is 0 Å². The van der Waals surface area contributed by atoms with Crippen LogP contribution >= 0.6 is 0 Å². The van der Waals surface area contributed by atoms with Crippen molar-refractivity contribution in [3.63, 3.8) is 0 Å². The van der Waals surface area contributed by atoms with Gasteiger partial charge in [-0.2, -0.15) is 0 Å². The van der Waals surface area contributed by atoms with Crippen molar-refractivity contribution in [3.05, 3.63) is 71.8 Å². The molecule has 0 saturated carbocycles. The summed E-state index contributed by atoms with van der Waals surface area (Å²) in [5.74, 6) is 0.579. The molecule has 0 aromatic heterocycles. The molecule has 0 aliphatic rings. The van der Waals surface area contributed by atoms with Crippen molar-refractivity contribution in [2.45, 2.75) is 52.4 Å². The van der Waals surface area contributed by atoms with E-state index in [1.807, 2.05) is 6.92 Å². The summed E-state index contributed by atoms with van der Waals surface area (Å²) in [4.78, 5) is 0. The zero-order valence-corrected chi connectivity index (χ0v) is 17.6. The Bertz CT molecular complexity index is 649. The molecule has 0 saturated heterocycles. The number of unbranched alkanes of at least 4 members (excludes halogenated alkanes) is 2. The van der Waals surface area contributed by atoms with Gasteiger partial charge < -0.3 is 9.47 Å². The van der Waals surface area contributed by atoms with E-state index in [-0.39, 0.29) is 0 Å². The quantitative estimate of drug-likeness (QED) is 0.196. The molecule has 0 aliphatic heterocycles. The molecule has 2 nitrogen and oxygen atoms in total. The van der Waals surface area contributed by atoms with Gasteiger partial charge in [0.1, 0.15) is 6.79 Å². The Morgan fingerprint density at radius 3 is 2.25 bits per heavy atom. The fraction of sp³-hybridized carbons (Fsp3) is 0.462. The molecule has 2 aromatic rings. The maximum Gasteiger partial charge on any atom is 0.146 e. The van der Waals surface area contributed by atoms with Gasteiger partial charge >= 0.3 is 0 Å². The Morgan fingerprint density at radius 2 is 1.57 bits per heavy atom. The molecule has 28 heavy (non-hydrogen) atoms. The van der Waals surface area contributed by atoms with Crippen LogP contribution in [0.15, 0.2) is 60.7 Å². The molecule has 2 heteroatoms. The van der Waals surface area contributed by atoms with Crippen LogP contribution in [-0.4, -0.2) is 20.0 Å². The molecule has 0 heterocycles. The SMILES string of the molecule is CCCCCC(CCC(=Cc1ccccc1)c1ccccc1)COCOCC. The zero-order valence-electron chi connectivity index (χ0n) is 17.6. The van der Waals surface area contributed by atoms with Crippen LogP contribution in [0.25, 0.3) is 11.6 Å². The monoisotopic (exact) mass is 380 g/mol. The lowest BCUT2D eigenvalue weighted by atomic mass is 9.91. The average molecular weight is 381 g/mol. The first-order valence-electron chi connectivity index (χ1n) is 10.8. The fourth-order valence-electron chi connectivity index (χ4n) is 3.41. The highest BCUT2D eigenvalue weighted by Gasteiger charge is 2.12. The summed E-state index contributed by atoms with van der Waals surface area (Å²) >= 11 is 0. The minimum absolute atomic E-state index is 0.409. The van der Waals surface area contributed by atoms with Crippen LogP contribution in [0.4, 0.5) is 0 Å². The molecule has 2 aromatic carbocycles. The van der Waals surface area contributed by atoms with E-state index in [1.54, 1.807) is 0 Å². The zero-order chi connectivity index (χ0) is 19.9. The van der Waals surface area contributed by atoms with Gasteiger partial charge in [-0.05, 0) is 48.8 Å². The molecule has 152 valence electrons. The normalized spacial score (nSPS) is 12.9. The van der Waals surface area contributed by atoms with Gasteiger partial charge in [-0.25, -0.2) is 0 Å². The van der Waals surface area contributed by atoms with E-state index < -0.39 is 0 Å². The molecule has 0 spiro atoms. The van der Waals surface area contributed by atoms with E-state index >= 15 is 0 Å². The first-order valence-corrected chi connectivity index (χ1v) is 10.8. The Kier molecular flexibility index (Phi) is 11.3. The first kappa shape index (κ1) is 22.4. The molecule has 2 rings (SSSR count). The highest BCUT2D eigenvalue weighted by atomic mass is 16.7. The van der Waals surface area contributed by atoms with Crippen LogP contribution in [0.2, 0.25) is 0 Å². The molecule has 0 fully saturated rings. The summed E-state index contributed by atoms with van der Waals surface area (Å²) in [6.45, 7) is 6.17. The number of hydrogen-bond acceptors (Lipinski definition) is 2. The molecular formula is C26H36O2. The highest BCUT2D eigenvalue weighted by molar-refractivity contribution is 5.81. The molecule has 0 N–H and O–H groups in total. The first-order chi connectivity index (χ1) is 13.8. The van der Waals surface area contributed by atoms with Crippen molar-refractivity contribution >= 4 is 11.6 Å². The van der Waals surface area contributed by atoms with E-state index in [2.05, 4.69) is 73.7 Å². The summed E-state index contributed by atoms with van der Waals surface area (Å²) < 4.78 is 11.1. The standard InChI is InChI=1S/C26H36O2/c1-3-5-8-15-24(21-28-22-27-4-2)18-19-26(25-16-11-7-12-17-25)20-23-13-9-6-10-14-23/h6-7,9-14,16-17,20,24H,3-5,8,15,18-19,21-22H2,1-2H3. The van der Waals surface area contributed by atoms with E-state index in [9.17, 15) is 0 Å². The Hall–Kier alpha value is -1.90. The second-order valence-corrected chi connectivity index (χ2v) is 7.33. The maximum absolute atomic E-state index is 5.78. The number of allylic oxidation sites excluding steroid dienone is 1. The largest absolute Gasteiger partial charge is 0.356 e. The van der Waals surface area contributed by atoms with E-state index in [0.29, 0.717) is 19.3 Å². The van der Waals surface area contributed by atoms with E-state index in [4.69, 9.17) is 9.47 Å². The van der Waals surface area contributed by atoms with Crippen molar-refractivity contribution in [3.8, 4) is 0 Å².